The number of hydrogen-bond acceptors (Lipinski definition) is 6. The van der Waals surface area contributed by atoms with Gasteiger partial charge in [-0.15, -0.1) is 0 Å². The summed E-state index contributed by atoms with van der Waals surface area (Å²) < 4.78 is 9.73. The Bertz CT molecular complexity index is 895. The number of amides is 3. The molecule has 0 heterocycles. The van der Waals surface area contributed by atoms with Gasteiger partial charge >= 0.3 is 12.1 Å². The van der Waals surface area contributed by atoms with E-state index >= 15 is 0 Å². The Kier molecular flexibility index (Phi) is 7.72. The molecule has 0 unspecified atom stereocenters. The maximum absolute atomic E-state index is 12.1. The Labute approximate surface area is 167 Å². The molecule has 0 aromatic heterocycles. The van der Waals surface area contributed by atoms with E-state index in [0.29, 0.717) is 16.9 Å². The monoisotopic (exact) mass is 399 g/mol. The van der Waals surface area contributed by atoms with Gasteiger partial charge in [0.1, 0.15) is 0 Å². The summed E-state index contributed by atoms with van der Waals surface area (Å²) in [6.45, 7) is 1.44. The molecule has 9 heteroatoms. The highest BCUT2D eigenvalue weighted by Crippen LogP contribution is 2.12. The molecule has 0 fully saturated rings. The average molecular weight is 399 g/mol. The van der Waals surface area contributed by atoms with Crippen LogP contribution < -0.4 is 16.0 Å². The number of anilines is 2. The Balaban J connectivity index is 1.86. The van der Waals surface area contributed by atoms with Gasteiger partial charge in [0.25, 0.3) is 11.8 Å². The van der Waals surface area contributed by atoms with Crippen LogP contribution in [0.3, 0.4) is 0 Å². The van der Waals surface area contributed by atoms with Gasteiger partial charge in [-0.2, -0.15) is 0 Å². The van der Waals surface area contributed by atoms with Gasteiger partial charge in [0.2, 0.25) is 0 Å². The van der Waals surface area contributed by atoms with Crippen molar-refractivity contribution in [3.8, 4) is 0 Å². The number of ether oxygens (including phenoxy) is 2. The van der Waals surface area contributed by atoms with Crippen molar-refractivity contribution in [2.45, 2.75) is 6.92 Å². The summed E-state index contributed by atoms with van der Waals surface area (Å²) in [4.78, 5) is 47.0. The molecule has 3 N–H and O–H groups in total. The second-order valence-electron chi connectivity index (χ2n) is 5.71. The quantitative estimate of drug-likeness (QED) is 0.615. The smallest absolute Gasteiger partial charge is 0.411 e. The predicted molar refractivity (Wildman–Crippen MR) is 106 cm³/mol. The molecule has 2 rings (SSSR count). The molecule has 0 spiro atoms. The van der Waals surface area contributed by atoms with E-state index in [9.17, 15) is 19.2 Å². The average Bonchev–Trinajstić information content (AvgIpc) is 2.72. The van der Waals surface area contributed by atoms with E-state index in [2.05, 4.69) is 16.0 Å². The van der Waals surface area contributed by atoms with Gasteiger partial charge < -0.3 is 20.1 Å². The SMILES string of the molecule is CCOC(=O)Nc1ccc(C(=O)OCC(=O)Nc2cccc(C(=O)NC)c2)cc1. The lowest BCUT2D eigenvalue weighted by Gasteiger charge is -2.09. The normalized spacial score (nSPS) is 9.86. The number of esters is 1. The number of benzene rings is 2. The second kappa shape index (κ2) is 10.5. The third kappa shape index (κ3) is 6.65. The lowest BCUT2D eigenvalue weighted by atomic mass is 10.2. The van der Waals surface area contributed by atoms with Crippen molar-refractivity contribution in [3.63, 3.8) is 0 Å². The Morgan fingerprint density at radius 3 is 2.24 bits per heavy atom. The van der Waals surface area contributed by atoms with Gasteiger partial charge in [0.15, 0.2) is 6.61 Å². The number of rotatable bonds is 7. The second-order valence-corrected chi connectivity index (χ2v) is 5.71. The first-order valence-electron chi connectivity index (χ1n) is 8.76. The van der Waals surface area contributed by atoms with Gasteiger partial charge in [-0.05, 0) is 49.4 Å². The first-order valence-corrected chi connectivity index (χ1v) is 8.76. The fraction of sp³-hybridized carbons (Fsp3) is 0.200. The predicted octanol–water partition coefficient (Wildman–Crippen LogP) is 2.41. The Hall–Kier alpha value is -3.88. The molecule has 0 aliphatic rings. The first-order chi connectivity index (χ1) is 13.9. The van der Waals surface area contributed by atoms with Crippen molar-refractivity contribution in [3.05, 3.63) is 59.7 Å². The molecule has 0 bridgehead atoms. The molecule has 0 saturated heterocycles. The topological polar surface area (TPSA) is 123 Å². The molecule has 152 valence electrons. The Morgan fingerprint density at radius 2 is 1.59 bits per heavy atom. The van der Waals surface area contributed by atoms with Crippen molar-refractivity contribution in [1.29, 1.82) is 0 Å². The van der Waals surface area contributed by atoms with Crippen LogP contribution in [0.15, 0.2) is 48.5 Å². The van der Waals surface area contributed by atoms with Gasteiger partial charge in [0.05, 0.1) is 12.2 Å². The highest BCUT2D eigenvalue weighted by Gasteiger charge is 2.12. The number of hydrogen-bond donors (Lipinski definition) is 3. The lowest BCUT2D eigenvalue weighted by Crippen LogP contribution is -2.22. The molecular formula is C20H21N3O6. The Morgan fingerprint density at radius 1 is 0.862 bits per heavy atom. The van der Waals surface area contributed by atoms with E-state index in [-0.39, 0.29) is 18.1 Å². The fourth-order valence-electron chi connectivity index (χ4n) is 2.27. The van der Waals surface area contributed by atoms with Crippen molar-refractivity contribution < 1.29 is 28.7 Å². The van der Waals surface area contributed by atoms with Gasteiger partial charge in [0, 0.05) is 24.0 Å². The molecule has 0 saturated carbocycles. The summed E-state index contributed by atoms with van der Waals surface area (Å²) in [6.07, 6.45) is -0.597. The summed E-state index contributed by atoms with van der Waals surface area (Å²) in [5.74, 6) is -1.52. The highest BCUT2D eigenvalue weighted by atomic mass is 16.5. The molecule has 9 nitrogen and oxygen atoms in total. The zero-order valence-electron chi connectivity index (χ0n) is 16.0. The molecule has 2 aromatic rings. The minimum atomic E-state index is -0.693. The number of nitrogens with one attached hydrogen (secondary N) is 3. The summed E-state index contributed by atoms with van der Waals surface area (Å²) in [5.41, 5.74) is 1.46. The number of carbonyl (C=O) groups is 4. The summed E-state index contributed by atoms with van der Waals surface area (Å²) in [6, 6.07) is 12.3. The summed E-state index contributed by atoms with van der Waals surface area (Å²) in [5, 5.41) is 7.54. The van der Waals surface area contributed by atoms with Gasteiger partial charge in [-0.3, -0.25) is 14.9 Å². The minimum Gasteiger partial charge on any atom is -0.452 e. The maximum atomic E-state index is 12.1. The van der Waals surface area contributed by atoms with E-state index < -0.39 is 24.6 Å². The van der Waals surface area contributed by atoms with Gasteiger partial charge in [-0.25, -0.2) is 9.59 Å². The van der Waals surface area contributed by atoms with Crippen LogP contribution in [0.25, 0.3) is 0 Å². The molecule has 0 radical (unpaired) electrons. The number of carbonyl (C=O) groups excluding carboxylic acids is 4. The fourth-order valence-corrected chi connectivity index (χ4v) is 2.27. The summed E-state index contributed by atoms with van der Waals surface area (Å²) in [7, 11) is 1.51. The first kappa shape index (κ1) is 21.4. The van der Waals surface area contributed by atoms with Crippen LogP contribution in [0.1, 0.15) is 27.6 Å². The van der Waals surface area contributed by atoms with E-state index in [1.54, 1.807) is 25.1 Å². The zero-order chi connectivity index (χ0) is 21.2. The van der Waals surface area contributed by atoms with E-state index in [0.717, 1.165) is 0 Å². The summed E-state index contributed by atoms with van der Waals surface area (Å²) >= 11 is 0. The maximum Gasteiger partial charge on any atom is 0.411 e. The van der Waals surface area contributed by atoms with Crippen LogP contribution in [0.5, 0.6) is 0 Å². The van der Waals surface area contributed by atoms with Crippen LogP contribution in [0, 0.1) is 0 Å². The third-order valence-corrected chi connectivity index (χ3v) is 3.61. The van der Waals surface area contributed by atoms with E-state index in [1.165, 1.54) is 37.4 Å². The van der Waals surface area contributed by atoms with Crippen molar-refractivity contribution in [1.82, 2.24) is 5.32 Å². The molecular weight excluding hydrogens is 378 g/mol. The lowest BCUT2D eigenvalue weighted by molar-refractivity contribution is -0.119. The molecule has 0 aliphatic heterocycles. The van der Waals surface area contributed by atoms with Crippen LogP contribution in [0.4, 0.5) is 16.2 Å². The van der Waals surface area contributed by atoms with Crippen molar-refractivity contribution in [2.24, 2.45) is 0 Å². The van der Waals surface area contributed by atoms with Crippen LogP contribution in [-0.4, -0.2) is 44.1 Å². The molecule has 0 aliphatic carbocycles. The zero-order valence-corrected chi connectivity index (χ0v) is 16.0. The van der Waals surface area contributed by atoms with Crippen LogP contribution in [-0.2, 0) is 14.3 Å². The standard InChI is InChI=1S/C20H21N3O6/c1-3-28-20(27)23-15-9-7-13(8-10-15)19(26)29-12-17(24)22-16-6-4-5-14(11-16)18(25)21-2/h4-11H,3,12H2,1-2H3,(H,21,25)(H,22,24)(H,23,27). The van der Waals surface area contributed by atoms with E-state index in [1.807, 2.05) is 0 Å². The minimum absolute atomic E-state index is 0.217. The van der Waals surface area contributed by atoms with Crippen molar-refractivity contribution in [2.75, 3.05) is 30.9 Å². The van der Waals surface area contributed by atoms with Crippen LogP contribution >= 0.6 is 0 Å². The molecule has 29 heavy (non-hydrogen) atoms. The van der Waals surface area contributed by atoms with Crippen LogP contribution in [0.2, 0.25) is 0 Å². The van der Waals surface area contributed by atoms with E-state index in [4.69, 9.17) is 9.47 Å². The largest absolute Gasteiger partial charge is 0.452 e. The molecule has 2 aromatic carbocycles. The molecule has 0 atom stereocenters. The molecule has 3 amide bonds. The highest BCUT2D eigenvalue weighted by molar-refractivity contribution is 5.98. The van der Waals surface area contributed by atoms with Gasteiger partial charge in [-0.1, -0.05) is 6.07 Å². The van der Waals surface area contributed by atoms with Crippen molar-refractivity contribution >= 4 is 35.3 Å². The third-order valence-electron chi connectivity index (χ3n) is 3.61.